The molecule has 0 saturated carbocycles. The quantitative estimate of drug-likeness (QED) is 0.398. The summed E-state index contributed by atoms with van der Waals surface area (Å²) in [5, 5.41) is 11.5. The third-order valence-corrected chi connectivity index (χ3v) is 4.51. The molecule has 0 spiro atoms. The predicted octanol–water partition coefficient (Wildman–Crippen LogP) is 1.22. The second kappa shape index (κ2) is 9.80. The van der Waals surface area contributed by atoms with Crippen molar-refractivity contribution in [2.24, 2.45) is 0 Å². The molecule has 1 amide bonds. The molecule has 0 radical (unpaired) electrons. The molecule has 0 saturated heterocycles. The van der Waals surface area contributed by atoms with Gasteiger partial charge < -0.3 is 15.2 Å². The van der Waals surface area contributed by atoms with Crippen LogP contribution in [0.15, 0.2) is 36.9 Å². The van der Waals surface area contributed by atoms with Crippen LogP contribution in [0, 0.1) is 0 Å². The first-order valence-electron chi connectivity index (χ1n) is 7.62. The molecular formula is C16H22N2O6S. The Balaban J connectivity index is 2.93. The number of aliphatic carboxylic acids is 1. The number of carboxylic acids is 1. The highest BCUT2D eigenvalue weighted by Crippen LogP contribution is 2.17. The highest BCUT2D eigenvalue weighted by Gasteiger charge is 2.23. The van der Waals surface area contributed by atoms with Gasteiger partial charge in [-0.25, -0.2) is 13.2 Å². The Morgan fingerprint density at radius 3 is 2.64 bits per heavy atom. The van der Waals surface area contributed by atoms with Crippen LogP contribution < -0.4 is 10.0 Å². The lowest BCUT2D eigenvalue weighted by Gasteiger charge is -2.16. The first-order chi connectivity index (χ1) is 11.8. The predicted molar refractivity (Wildman–Crippen MR) is 94.0 cm³/mol. The van der Waals surface area contributed by atoms with E-state index in [0.29, 0.717) is 6.42 Å². The van der Waals surface area contributed by atoms with Crippen LogP contribution in [0.25, 0.3) is 0 Å². The van der Waals surface area contributed by atoms with Crippen LogP contribution in [-0.2, 0) is 19.6 Å². The molecule has 0 aromatic heterocycles. The number of carbonyl (C=O) groups is 2. The van der Waals surface area contributed by atoms with Crippen LogP contribution in [-0.4, -0.2) is 50.4 Å². The lowest BCUT2D eigenvalue weighted by atomic mass is 10.1. The fourth-order valence-electron chi connectivity index (χ4n) is 1.94. The Bertz CT molecular complexity index is 717. The van der Waals surface area contributed by atoms with Crippen molar-refractivity contribution in [3.8, 4) is 0 Å². The molecule has 0 heterocycles. The number of carboxylic acid groups (broad SMARTS) is 1. The Morgan fingerprint density at radius 2 is 2.04 bits per heavy atom. The maximum Gasteiger partial charge on any atom is 0.328 e. The maximum absolute atomic E-state index is 12.4. The van der Waals surface area contributed by atoms with Crippen LogP contribution in [0.1, 0.15) is 23.7 Å². The molecule has 25 heavy (non-hydrogen) atoms. The highest BCUT2D eigenvalue weighted by atomic mass is 32.2. The van der Waals surface area contributed by atoms with Gasteiger partial charge in [0.2, 0.25) is 10.0 Å². The van der Waals surface area contributed by atoms with Crippen molar-refractivity contribution >= 4 is 27.6 Å². The van der Waals surface area contributed by atoms with Gasteiger partial charge in [-0.05, 0) is 18.6 Å². The van der Waals surface area contributed by atoms with Crippen molar-refractivity contribution in [2.45, 2.75) is 19.4 Å². The first kappa shape index (κ1) is 20.7. The summed E-state index contributed by atoms with van der Waals surface area (Å²) in [6.07, 6.45) is 1.88. The van der Waals surface area contributed by atoms with Crippen molar-refractivity contribution in [3.63, 3.8) is 0 Å². The zero-order valence-electron chi connectivity index (χ0n) is 13.9. The van der Waals surface area contributed by atoms with Gasteiger partial charge in [-0.1, -0.05) is 25.1 Å². The molecule has 1 unspecified atom stereocenters. The van der Waals surface area contributed by atoms with E-state index in [-0.39, 0.29) is 30.2 Å². The molecule has 1 aromatic carbocycles. The van der Waals surface area contributed by atoms with Gasteiger partial charge in [-0.2, -0.15) is 0 Å². The number of anilines is 1. The standard InChI is InChI=1S/C16H22N2O6S/c1-3-9-24-11-14(16(20)21)17-15(19)12-7-5-6-8-13(12)18-25(22,23)10-4-2/h3,5-8,14,18H,1,4,9-11H2,2H3,(H,17,19)(H,20,21). The van der Waals surface area contributed by atoms with E-state index in [2.05, 4.69) is 16.6 Å². The molecule has 3 N–H and O–H groups in total. The van der Waals surface area contributed by atoms with E-state index in [1.165, 1.54) is 18.2 Å². The summed E-state index contributed by atoms with van der Waals surface area (Å²) in [4.78, 5) is 23.6. The third-order valence-electron chi connectivity index (χ3n) is 3.03. The highest BCUT2D eigenvalue weighted by molar-refractivity contribution is 7.92. The molecular weight excluding hydrogens is 348 g/mol. The minimum Gasteiger partial charge on any atom is -0.480 e. The minimum atomic E-state index is -3.59. The second-order valence-corrected chi connectivity index (χ2v) is 7.00. The summed E-state index contributed by atoms with van der Waals surface area (Å²) in [5.74, 6) is -2.07. The van der Waals surface area contributed by atoms with Crippen molar-refractivity contribution < 1.29 is 27.9 Å². The van der Waals surface area contributed by atoms with Crippen LogP contribution >= 0.6 is 0 Å². The van der Waals surface area contributed by atoms with Gasteiger partial charge in [0.05, 0.1) is 30.2 Å². The Kier molecular flexibility index (Phi) is 8.09. The van der Waals surface area contributed by atoms with E-state index in [4.69, 9.17) is 9.84 Å². The number of para-hydroxylation sites is 1. The van der Waals surface area contributed by atoms with E-state index in [9.17, 15) is 18.0 Å². The largest absolute Gasteiger partial charge is 0.480 e. The molecule has 138 valence electrons. The first-order valence-corrected chi connectivity index (χ1v) is 9.27. The number of rotatable bonds is 11. The summed E-state index contributed by atoms with van der Waals surface area (Å²) in [5.41, 5.74) is 0.113. The number of hydrogen-bond acceptors (Lipinski definition) is 5. The Hall–Kier alpha value is -2.39. The smallest absolute Gasteiger partial charge is 0.328 e. The minimum absolute atomic E-state index is 0.0251. The summed E-state index contributed by atoms with van der Waals surface area (Å²) in [7, 11) is -3.59. The fourth-order valence-corrected chi connectivity index (χ4v) is 3.09. The fraction of sp³-hybridized carbons (Fsp3) is 0.375. The van der Waals surface area contributed by atoms with Gasteiger partial charge in [0, 0.05) is 0 Å². The lowest BCUT2D eigenvalue weighted by molar-refractivity contribution is -0.140. The van der Waals surface area contributed by atoms with Gasteiger partial charge in [0.25, 0.3) is 5.91 Å². The normalized spacial score (nSPS) is 12.2. The molecule has 1 rings (SSSR count). The molecule has 8 nitrogen and oxygen atoms in total. The number of benzene rings is 1. The maximum atomic E-state index is 12.4. The topological polar surface area (TPSA) is 122 Å². The molecule has 0 bridgehead atoms. The van der Waals surface area contributed by atoms with Gasteiger partial charge in [0.15, 0.2) is 6.04 Å². The average Bonchev–Trinajstić information content (AvgIpc) is 2.53. The van der Waals surface area contributed by atoms with Crippen molar-refractivity contribution in [3.05, 3.63) is 42.5 Å². The molecule has 0 aliphatic rings. The van der Waals surface area contributed by atoms with E-state index in [0.717, 1.165) is 0 Å². The van der Waals surface area contributed by atoms with Gasteiger partial charge in [0.1, 0.15) is 0 Å². The van der Waals surface area contributed by atoms with Crippen LogP contribution in [0.5, 0.6) is 0 Å². The lowest BCUT2D eigenvalue weighted by Crippen LogP contribution is -2.44. The van der Waals surface area contributed by atoms with E-state index >= 15 is 0 Å². The number of sulfonamides is 1. The molecule has 0 aliphatic carbocycles. The van der Waals surface area contributed by atoms with Gasteiger partial charge >= 0.3 is 5.97 Å². The third kappa shape index (κ3) is 6.94. The summed E-state index contributed by atoms with van der Waals surface area (Å²) in [6, 6.07) is 4.70. The summed E-state index contributed by atoms with van der Waals surface area (Å²) in [6.45, 7) is 5.07. The number of hydrogen-bond donors (Lipinski definition) is 3. The number of ether oxygens (including phenoxy) is 1. The number of carbonyl (C=O) groups excluding carboxylic acids is 1. The Morgan fingerprint density at radius 1 is 1.36 bits per heavy atom. The molecule has 1 atom stereocenters. The zero-order chi connectivity index (χ0) is 18.9. The van der Waals surface area contributed by atoms with E-state index in [1.807, 2.05) is 0 Å². The number of amides is 1. The van der Waals surface area contributed by atoms with Crippen molar-refractivity contribution in [1.29, 1.82) is 0 Å². The van der Waals surface area contributed by atoms with Crippen LogP contribution in [0.3, 0.4) is 0 Å². The molecule has 0 aliphatic heterocycles. The molecule has 9 heteroatoms. The van der Waals surface area contributed by atoms with Crippen molar-refractivity contribution in [2.75, 3.05) is 23.7 Å². The number of nitrogens with one attached hydrogen (secondary N) is 2. The van der Waals surface area contributed by atoms with Crippen molar-refractivity contribution in [1.82, 2.24) is 5.32 Å². The van der Waals surface area contributed by atoms with E-state index < -0.39 is 27.9 Å². The van der Waals surface area contributed by atoms with E-state index in [1.54, 1.807) is 19.1 Å². The second-order valence-electron chi connectivity index (χ2n) is 5.16. The molecule has 0 fully saturated rings. The SMILES string of the molecule is C=CCOCC(NC(=O)c1ccccc1NS(=O)(=O)CCC)C(=O)O. The van der Waals surface area contributed by atoms with Gasteiger partial charge in [-0.3, -0.25) is 9.52 Å². The Labute approximate surface area is 146 Å². The van der Waals surface area contributed by atoms with Crippen LogP contribution in [0.4, 0.5) is 5.69 Å². The monoisotopic (exact) mass is 370 g/mol. The average molecular weight is 370 g/mol. The van der Waals surface area contributed by atoms with Crippen LogP contribution in [0.2, 0.25) is 0 Å². The summed E-state index contributed by atoms with van der Waals surface area (Å²) < 4.78 is 31.2. The molecule has 1 aromatic rings. The zero-order valence-corrected chi connectivity index (χ0v) is 14.7. The summed E-state index contributed by atoms with van der Waals surface area (Å²) >= 11 is 0. The van der Waals surface area contributed by atoms with Gasteiger partial charge in [-0.15, -0.1) is 6.58 Å².